The zero-order valence-electron chi connectivity index (χ0n) is 7.55. The molecular formula is C9H15N3O. The van der Waals surface area contributed by atoms with Gasteiger partial charge in [-0.3, -0.25) is 0 Å². The minimum atomic E-state index is -0.375. The molecule has 2 heterocycles. The summed E-state index contributed by atoms with van der Waals surface area (Å²) in [7, 11) is 0. The number of rotatable bonds is 1. The smallest absolute Gasteiger partial charge is 0.312 e. The van der Waals surface area contributed by atoms with Gasteiger partial charge in [-0.2, -0.15) is 0 Å². The second-order valence-electron chi connectivity index (χ2n) is 4.78. The van der Waals surface area contributed by atoms with E-state index in [1.165, 1.54) is 12.8 Å². The highest BCUT2D eigenvalue weighted by atomic mass is 16.2. The van der Waals surface area contributed by atoms with Crippen molar-refractivity contribution in [3.8, 4) is 0 Å². The molecule has 3 aliphatic rings. The maximum absolute atomic E-state index is 10.7. The molecule has 4 N–H and O–H groups in total. The zero-order valence-corrected chi connectivity index (χ0v) is 7.55. The summed E-state index contributed by atoms with van der Waals surface area (Å²) in [5, 5.41) is 6.49. The summed E-state index contributed by atoms with van der Waals surface area (Å²) >= 11 is 0. The van der Waals surface area contributed by atoms with E-state index < -0.39 is 0 Å². The van der Waals surface area contributed by atoms with E-state index >= 15 is 0 Å². The number of fused-ring (bicyclic) bond motifs is 1. The number of nitrogens with one attached hydrogen (secondary N) is 2. The van der Waals surface area contributed by atoms with Crippen LogP contribution in [0.2, 0.25) is 0 Å². The largest absolute Gasteiger partial charge is 0.352 e. The first kappa shape index (κ1) is 7.62. The Kier molecular flexibility index (Phi) is 1.28. The fourth-order valence-corrected chi connectivity index (χ4v) is 3.32. The second kappa shape index (κ2) is 2.18. The molecule has 3 rings (SSSR count). The van der Waals surface area contributed by atoms with Crippen LogP contribution in [0.25, 0.3) is 0 Å². The Morgan fingerprint density at radius 3 is 3.00 bits per heavy atom. The molecule has 4 heteroatoms. The van der Waals surface area contributed by atoms with Gasteiger partial charge in [0.15, 0.2) is 0 Å². The van der Waals surface area contributed by atoms with Gasteiger partial charge in [0.2, 0.25) is 0 Å². The normalized spacial score (nSPS) is 51.2. The first-order chi connectivity index (χ1) is 6.18. The van der Waals surface area contributed by atoms with Gasteiger partial charge in [-0.15, -0.1) is 0 Å². The summed E-state index contributed by atoms with van der Waals surface area (Å²) in [6.45, 7) is 0. The summed E-state index contributed by atoms with van der Waals surface area (Å²) in [5.74, 6) is 0.886. The average Bonchev–Trinajstić information content (AvgIpc) is 2.52. The van der Waals surface area contributed by atoms with Gasteiger partial charge in [-0.05, 0) is 31.6 Å². The summed E-state index contributed by atoms with van der Waals surface area (Å²) in [6, 6.07) is 0.570. The highest BCUT2D eigenvalue weighted by molar-refractivity contribution is 5.72. The Morgan fingerprint density at radius 1 is 1.46 bits per heavy atom. The molecule has 1 saturated carbocycles. The van der Waals surface area contributed by atoms with Crippen LogP contribution in [0.3, 0.4) is 0 Å². The summed E-state index contributed by atoms with van der Waals surface area (Å²) in [4.78, 5) is 10.7. The number of hydrogen-bond acceptors (Lipinski definition) is 2. The monoisotopic (exact) mass is 181 g/mol. The fourth-order valence-electron chi connectivity index (χ4n) is 3.32. The molecule has 3 fully saturated rings. The van der Waals surface area contributed by atoms with Crippen molar-refractivity contribution in [1.82, 2.24) is 10.6 Å². The highest BCUT2D eigenvalue weighted by Crippen LogP contribution is 2.57. The molecule has 0 aromatic rings. The Morgan fingerprint density at radius 2 is 2.31 bits per heavy atom. The molecule has 4 atom stereocenters. The fraction of sp³-hybridized carbons (Fsp3) is 0.889. The van der Waals surface area contributed by atoms with Crippen LogP contribution in [0.15, 0.2) is 0 Å². The molecule has 0 aromatic carbocycles. The Balaban J connectivity index is 1.70. The van der Waals surface area contributed by atoms with Crippen LogP contribution in [-0.2, 0) is 0 Å². The predicted molar refractivity (Wildman–Crippen MR) is 48.1 cm³/mol. The lowest BCUT2D eigenvalue weighted by atomic mass is 9.95. The maximum Gasteiger partial charge on any atom is 0.312 e. The molecule has 0 aromatic heterocycles. The van der Waals surface area contributed by atoms with Gasteiger partial charge >= 0.3 is 6.03 Å². The van der Waals surface area contributed by atoms with E-state index in [-0.39, 0.29) is 6.03 Å². The van der Waals surface area contributed by atoms with Crippen LogP contribution in [0.1, 0.15) is 25.7 Å². The lowest BCUT2D eigenvalue weighted by Crippen LogP contribution is -2.52. The van der Waals surface area contributed by atoms with Gasteiger partial charge in [-0.25, -0.2) is 4.79 Å². The molecule has 1 spiro atoms. The standard InChI is InChI=1S/C9H15N3O/c10-8(13)11-7-2-6-1-5-3-9(5,4-7)12-6/h5-7,12H,1-4H2,(H3,10,11,13)/t5-,6-,7+,9?/m1/s1. The van der Waals surface area contributed by atoms with Crippen LogP contribution in [-0.4, -0.2) is 23.7 Å². The molecule has 2 saturated heterocycles. The topological polar surface area (TPSA) is 67.2 Å². The lowest BCUT2D eigenvalue weighted by molar-refractivity contribution is 0.232. The van der Waals surface area contributed by atoms with Crippen molar-refractivity contribution >= 4 is 6.03 Å². The third kappa shape index (κ3) is 1.05. The zero-order chi connectivity index (χ0) is 9.05. The Labute approximate surface area is 77.2 Å². The van der Waals surface area contributed by atoms with E-state index in [0.29, 0.717) is 17.6 Å². The van der Waals surface area contributed by atoms with E-state index in [1.54, 1.807) is 0 Å². The van der Waals surface area contributed by atoms with Crippen molar-refractivity contribution in [3.63, 3.8) is 0 Å². The second-order valence-corrected chi connectivity index (χ2v) is 4.78. The maximum atomic E-state index is 10.7. The molecule has 4 nitrogen and oxygen atoms in total. The van der Waals surface area contributed by atoms with E-state index in [0.717, 1.165) is 18.8 Å². The van der Waals surface area contributed by atoms with Crippen LogP contribution >= 0.6 is 0 Å². The predicted octanol–water partition coefficient (Wildman–Crippen LogP) is -0.0623. The van der Waals surface area contributed by atoms with Crippen molar-refractivity contribution in [2.45, 2.75) is 43.3 Å². The third-order valence-electron chi connectivity index (χ3n) is 3.82. The summed E-state index contributed by atoms with van der Waals surface area (Å²) in [6.07, 6.45) is 4.75. The minimum Gasteiger partial charge on any atom is -0.352 e. The van der Waals surface area contributed by atoms with Gasteiger partial charge in [0.1, 0.15) is 0 Å². The van der Waals surface area contributed by atoms with Crippen molar-refractivity contribution in [2.24, 2.45) is 11.7 Å². The van der Waals surface area contributed by atoms with Crippen molar-refractivity contribution < 1.29 is 4.79 Å². The van der Waals surface area contributed by atoms with Crippen molar-refractivity contribution in [2.75, 3.05) is 0 Å². The van der Waals surface area contributed by atoms with Crippen LogP contribution in [0.4, 0.5) is 4.79 Å². The third-order valence-corrected chi connectivity index (χ3v) is 3.82. The number of hydrogen-bond donors (Lipinski definition) is 3. The summed E-state index contributed by atoms with van der Waals surface area (Å²) in [5.41, 5.74) is 5.52. The number of carbonyl (C=O) groups is 1. The Bertz CT molecular complexity index is 268. The molecule has 0 radical (unpaired) electrons. The molecule has 2 amide bonds. The van der Waals surface area contributed by atoms with Crippen molar-refractivity contribution in [3.05, 3.63) is 0 Å². The van der Waals surface area contributed by atoms with E-state index in [4.69, 9.17) is 5.73 Å². The van der Waals surface area contributed by atoms with Gasteiger partial charge in [0.05, 0.1) is 0 Å². The average molecular weight is 181 g/mol. The molecular weight excluding hydrogens is 166 g/mol. The van der Waals surface area contributed by atoms with E-state index in [2.05, 4.69) is 10.6 Å². The first-order valence-corrected chi connectivity index (χ1v) is 5.02. The van der Waals surface area contributed by atoms with Gasteiger partial charge in [0, 0.05) is 17.6 Å². The first-order valence-electron chi connectivity index (χ1n) is 5.02. The number of nitrogens with two attached hydrogens (primary N) is 1. The SMILES string of the molecule is NC(=O)N[C@H]1C[C@H]2C[C@@H]3CC3(C1)N2. The minimum absolute atomic E-state index is 0.316. The number of amides is 2. The summed E-state index contributed by atoms with van der Waals surface area (Å²) < 4.78 is 0. The van der Waals surface area contributed by atoms with E-state index in [1.807, 2.05) is 0 Å². The molecule has 72 valence electrons. The van der Waals surface area contributed by atoms with Gasteiger partial charge in [0.25, 0.3) is 0 Å². The number of primary amides is 1. The van der Waals surface area contributed by atoms with Crippen molar-refractivity contribution in [1.29, 1.82) is 0 Å². The quantitative estimate of drug-likeness (QED) is 0.530. The van der Waals surface area contributed by atoms with Gasteiger partial charge < -0.3 is 16.4 Å². The van der Waals surface area contributed by atoms with E-state index in [9.17, 15) is 4.79 Å². The molecule has 1 aliphatic carbocycles. The molecule has 2 bridgehead atoms. The highest BCUT2D eigenvalue weighted by Gasteiger charge is 2.62. The van der Waals surface area contributed by atoms with Gasteiger partial charge in [-0.1, -0.05) is 0 Å². The number of carbonyl (C=O) groups excluding carboxylic acids is 1. The number of piperidine rings is 2. The lowest BCUT2D eigenvalue weighted by Gasteiger charge is -2.32. The molecule has 1 unspecified atom stereocenters. The van der Waals surface area contributed by atoms with Crippen LogP contribution < -0.4 is 16.4 Å². The molecule has 2 aliphatic heterocycles. The number of urea groups is 1. The molecule has 13 heavy (non-hydrogen) atoms. The van der Waals surface area contributed by atoms with Crippen LogP contribution in [0, 0.1) is 5.92 Å². The van der Waals surface area contributed by atoms with Crippen LogP contribution in [0.5, 0.6) is 0 Å². The Hall–Kier alpha value is -0.770.